The summed E-state index contributed by atoms with van der Waals surface area (Å²) in [5.41, 5.74) is 6.97. The molecule has 4 aromatic rings. The summed E-state index contributed by atoms with van der Waals surface area (Å²) >= 11 is 6.11. The van der Waals surface area contributed by atoms with Crippen LogP contribution in [0.5, 0.6) is 0 Å². The summed E-state index contributed by atoms with van der Waals surface area (Å²) < 4.78 is 0. The lowest BCUT2D eigenvalue weighted by Gasteiger charge is -2.07. The summed E-state index contributed by atoms with van der Waals surface area (Å²) in [6.07, 6.45) is 3.62. The fraction of sp³-hybridized carbons (Fsp3) is 0.0500. The maximum absolute atomic E-state index is 6.11. The molecule has 134 valence electrons. The summed E-state index contributed by atoms with van der Waals surface area (Å²) in [4.78, 5) is 11.8. The first-order valence-electron chi connectivity index (χ1n) is 8.41. The highest BCUT2D eigenvalue weighted by molar-refractivity contribution is 6.29. The van der Waals surface area contributed by atoms with Crippen LogP contribution in [0.3, 0.4) is 0 Å². The maximum Gasteiger partial charge on any atom is 0.246 e. The van der Waals surface area contributed by atoms with E-state index in [1.807, 2.05) is 61.7 Å². The van der Waals surface area contributed by atoms with Gasteiger partial charge in [0, 0.05) is 34.4 Å². The van der Waals surface area contributed by atoms with E-state index in [9.17, 15) is 0 Å². The van der Waals surface area contributed by atoms with Gasteiger partial charge in [-0.25, -0.2) is 5.43 Å². The number of H-pyrrole nitrogens is 1. The molecule has 0 saturated heterocycles. The summed E-state index contributed by atoms with van der Waals surface area (Å²) in [7, 11) is 0. The molecule has 0 amide bonds. The Morgan fingerprint density at radius 2 is 1.89 bits per heavy atom. The Kier molecular flexibility index (Phi) is 4.72. The van der Waals surface area contributed by atoms with Gasteiger partial charge in [0.25, 0.3) is 0 Å². The number of hydrazone groups is 1. The Bertz CT molecular complexity index is 1100. The zero-order chi connectivity index (χ0) is 18.6. The molecule has 0 spiro atoms. The molecule has 7 heteroatoms. The van der Waals surface area contributed by atoms with Gasteiger partial charge in [-0.1, -0.05) is 47.5 Å². The minimum atomic E-state index is 0.313. The van der Waals surface area contributed by atoms with Gasteiger partial charge >= 0.3 is 0 Å². The van der Waals surface area contributed by atoms with Crippen molar-refractivity contribution in [1.82, 2.24) is 15.0 Å². The molecule has 0 fully saturated rings. The third-order valence-corrected chi connectivity index (χ3v) is 4.20. The van der Waals surface area contributed by atoms with Crippen molar-refractivity contribution >= 4 is 46.2 Å². The monoisotopic (exact) mass is 376 g/mol. The largest absolute Gasteiger partial charge is 0.361 e. The lowest BCUT2D eigenvalue weighted by Crippen LogP contribution is -2.01. The fourth-order valence-corrected chi connectivity index (χ4v) is 2.86. The van der Waals surface area contributed by atoms with Gasteiger partial charge in [-0.2, -0.15) is 15.1 Å². The van der Waals surface area contributed by atoms with E-state index in [4.69, 9.17) is 11.6 Å². The molecular weight excluding hydrogens is 360 g/mol. The zero-order valence-corrected chi connectivity index (χ0v) is 15.3. The number of rotatable bonds is 5. The first-order valence-corrected chi connectivity index (χ1v) is 8.79. The van der Waals surface area contributed by atoms with Crippen LogP contribution >= 0.6 is 11.6 Å². The number of halogens is 1. The van der Waals surface area contributed by atoms with E-state index in [1.54, 1.807) is 12.3 Å². The maximum atomic E-state index is 6.11. The second-order valence-corrected chi connectivity index (χ2v) is 6.44. The summed E-state index contributed by atoms with van der Waals surface area (Å²) in [6.45, 7) is 2.04. The predicted octanol–water partition coefficient (Wildman–Crippen LogP) is 5.11. The molecule has 2 aromatic heterocycles. The second-order valence-electron chi connectivity index (χ2n) is 6.05. The van der Waals surface area contributed by atoms with Gasteiger partial charge < -0.3 is 10.3 Å². The zero-order valence-electron chi connectivity index (χ0n) is 14.6. The average molecular weight is 377 g/mol. The van der Waals surface area contributed by atoms with Crippen LogP contribution in [0.2, 0.25) is 5.15 Å². The number of anilines is 3. The summed E-state index contributed by atoms with van der Waals surface area (Å²) in [5, 5.41) is 8.85. The van der Waals surface area contributed by atoms with E-state index in [0.717, 1.165) is 22.2 Å². The van der Waals surface area contributed by atoms with E-state index in [-0.39, 0.29) is 0 Å². The molecule has 6 nitrogen and oxygen atoms in total. The molecule has 0 saturated carbocycles. The number of hydrogen-bond donors (Lipinski definition) is 3. The number of benzene rings is 2. The number of para-hydroxylation sites is 1. The molecule has 3 N–H and O–H groups in total. The molecule has 0 aliphatic rings. The Balaban J connectivity index is 1.50. The van der Waals surface area contributed by atoms with Crippen molar-refractivity contribution in [2.75, 3.05) is 10.7 Å². The third-order valence-electron chi connectivity index (χ3n) is 4.01. The van der Waals surface area contributed by atoms with Crippen LogP contribution < -0.4 is 10.7 Å². The molecular formula is C20H17ClN6. The summed E-state index contributed by atoms with van der Waals surface area (Å²) in [5.74, 6) is 0.900. The van der Waals surface area contributed by atoms with E-state index in [0.29, 0.717) is 16.9 Å². The van der Waals surface area contributed by atoms with Crippen molar-refractivity contribution in [2.24, 2.45) is 5.10 Å². The highest BCUT2D eigenvalue weighted by Gasteiger charge is 2.04. The van der Waals surface area contributed by atoms with E-state index >= 15 is 0 Å². The average Bonchev–Trinajstić information content (AvgIpc) is 3.07. The van der Waals surface area contributed by atoms with Crippen LogP contribution in [-0.2, 0) is 0 Å². The van der Waals surface area contributed by atoms with Crippen molar-refractivity contribution in [3.05, 3.63) is 77.1 Å². The van der Waals surface area contributed by atoms with Crippen LogP contribution in [0.15, 0.2) is 65.9 Å². The Hall–Kier alpha value is -3.38. The van der Waals surface area contributed by atoms with Crippen LogP contribution in [0.1, 0.15) is 11.1 Å². The van der Waals surface area contributed by atoms with Gasteiger partial charge in [-0.05, 0) is 25.1 Å². The molecule has 27 heavy (non-hydrogen) atoms. The smallest absolute Gasteiger partial charge is 0.246 e. The molecule has 2 heterocycles. The van der Waals surface area contributed by atoms with Gasteiger partial charge in [-0.3, -0.25) is 0 Å². The molecule has 4 rings (SSSR count). The molecule has 0 aliphatic heterocycles. The molecule has 0 radical (unpaired) electrons. The van der Waals surface area contributed by atoms with Crippen LogP contribution in [0.4, 0.5) is 17.5 Å². The Labute approximate surface area is 161 Å². The van der Waals surface area contributed by atoms with Crippen molar-refractivity contribution in [1.29, 1.82) is 0 Å². The standard InChI is InChI=1S/C20H17ClN6/c1-13-6-8-15(9-7-13)24-19-10-18(21)25-20(26-19)27-23-12-14-11-22-17-5-3-2-4-16(14)17/h2-12,22H,1H3,(H2,24,25,26,27)/b23-12+. The number of hydrogen-bond acceptors (Lipinski definition) is 5. The van der Waals surface area contributed by atoms with Gasteiger partial charge in [0.2, 0.25) is 5.95 Å². The van der Waals surface area contributed by atoms with Crippen LogP contribution in [-0.4, -0.2) is 21.2 Å². The third kappa shape index (κ3) is 4.07. The number of nitrogens with zero attached hydrogens (tertiary/aromatic N) is 3. The van der Waals surface area contributed by atoms with Crippen LogP contribution in [0, 0.1) is 6.92 Å². The first-order chi connectivity index (χ1) is 13.2. The minimum absolute atomic E-state index is 0.313. The normalized spacial score (nSPS) is 11.2. The Morgan fingerprint density at radius 1 is 1.07 bits per heavy atom. The lowest BCUT2D eigenvalue weighted by atomic mass is 10.2. The number of nitrogens with one attached hydrogen (secondary N) is 3. The Morgan fingerprint density at radius 3 is 2.74 bits per heavy atom. The lowest BCUT2D eigenvalue weighted by molar-refractivity contribution is 1.12. The predicted molar refractivity (Wildman–Crippen MR) is 111 cm³/mol. The van der Waals surface area contributed by atoms with Gasteiger partial charge in [0.15, 0.2) is 0 Å². The van der Waals surface area contributed by atoms with Crippen LogP contribution in [0.25, 0.3) is 10.9 Å². The number of aromatic amines is 1. The van der Waals surface area contributed by atoms with Gasteiger partial charge in [-0.15, -0.1) is 0 Å². The highest BCUT2D eigenvalue weighted by Crippen LogP contribution is 2.20. The summed E-state index contributed by atoms with van der Waals surface area (Å²) in [6, 6.07) is 17.7. The molecule has 2 aromatic carbocycles. The minimum Gasteiger partial charge on any atom is -0.361 e. The van der Waals surface area contributed by atoms with Crippen molar-refractivity contribution in [3.8, 4) is 0 Å². The SMILES string of the molecule is Cc1ccc(Nc2cc(Cl)nc(N/N=C/c3c[nH]c4ccccc34)n2)cc1. The quantitative estimate of drug-likeness (QED) is 0.257. The number of aryl methyl sites for hydroxylation is 1. The van der Waals surface area contributed by atoms with E-state index < -0.39 is 0 Å². The molecule has 0 atom stereocenters. The fourth-order valence-electron chi connectivity index (χ4n) is 2.68. The van der Waals surface area contributed by atoms with Crippen molar-refractivity contribution in [3.63, 3.8) is 0 Å². The molecule has 0 aliphatic carbocycles. The topological polar surface area (TPSA) is 78.0 Å². The second kappa shape index (κ2) is 7.47. The number of fused-ring (bicyclic) bond motifs is 1. The van der Waals surface area contributed by atoms with E-state index in [2.05, 4.69) is 30.8 Å². The van der Waals surface area contributed by atoms with Crippen molar-refractivity contribution in [2.45, 2.75) is 6.92 Å². The first kappa shape index (κ1) is 17.1. The molecule has 0 bridgehead atoms. The van der Waals surface area contributed by atoms with Gasteiger partial charge in [0.05, 0.1) is 6.21 Å². The number of aromatic nitrogens is 3. The van der Waals surface area contributed by atoms with Crippen molar-refractivity contribution < 1.29 is 0 Å². The highest BCUT2D eigenvalue weighted by atomic mass is 35.5. The van der Waals surface area contributed by atoms with E-state index in [1.165, 1.54) is 5.56 Å². The molecule has 0 unspecified atom stereocenters. The van der Waals surface area contributed by atoms with Gasteiger partial charge in [0.1, 0.15) is 11.0 Å².